The minimum Gasteiger partial charge on any atom is -0.378 e. The molecule has 2 aliphatic rings. The summed E-state index contributed by atoms with van der Waals surface area (Å²) in [6.07, 6.45) is 3.35. The summed E-state index contributed by atoms with van der Waals surface area (Å²) in [6.45, 7) is 3.86. The summed E-state index contributed by atoms with van der Waals surface area (Å²) in [7, 11) is 0. The van der Waals surface area contributed by atoms with Crippen LogP contribution in [0.2, 0.25) is 5.15 Å². The normalized spacial score (nSPS) is 16.3. The summed E-state index contributed by atoms with van der Waals surface area (Å²) in [5.74, 6) is 0.847. The Kier molecular flexibility index (Phi) is 3.11. The molecule has 2 aliphatic heterocycles. The van der Waals surface area contributed by atoms with Gasteiger partial charge in [0.1, 0.15) is 12.7 Å². The zero-order chi connectivity index (χ0) is 16.1. The Labute approximate surface area is 143 Å². The van der Waals surface area contributed by atoms with Crippen LogP contribution in [0.15, 0.2) is 30.9 Å². The van der Waals surface area contributed by atoms with Gasteiger partial charge in [0.25, 0.3) is 0 Å². The topological polar surface area (TPSA) is 61.0 Å². The minimum absolute atomic E-state index is 0.501. The van der Waals surface area contributed by atoms with E-state index in [0.717, 1.165) is 49.1 Å². The monoisotopic (exact) mass is 342 g/mol. The fourth-order valence-corrected chi connectivity index (χ4v) is 3.56. The van der Waals surface area contributed by atoms with Crippen LogP contribution in [0.1, 0.15) is 5.69 Å². The van der Waals surface area contributed by atoms with Gasteiger partial charge in [-0.25, -0.2) is 14.6 Å². The molecule has 0 N–H and O–H groups in total. The number of hydrogen-bond donors (Lipinski definition) is 0. The third kappa shape index (κ3) is 2.05. The Morgan fingerprint density at radius 3 is 2.88 bits per heavy atom. The summed E-state index contributed by atoms with van der Waals surface area (Å²) in [5, 5.41) is 4.85. The number of rotatable bonds is 1. The molecule has 0 saturated carbocycles. The van der Waals surface area contributed by atoms with Crippen LogP contribution in [0.5, 0.6) is 0 Å². The molecule has 5 rings (SSSR count). The third-order valence-electron chi connectivity index (χ3n) is 4.59. The van der Waals surface area contributed by atoms with Gasteiger partial charge in [0, 0.05) is 24.3 Å². The van der Waals surface area contributed by atoms with Gasteiger partial charge in [-0.3, -0.25) is 4.57 Å². The zero-order valence-electron chi connectivity index (χ0n) is 12.9. The predicted molar refractivity (Wildman–Crippen MR) is 89.7 cm³/mol. The van der Waals surface area contributed by atoms with Crippen molar-refractivity contribution in [2.45, 2.75) is 6.54 Å². The molecule has 7 nitrogen and oxygen atoms in total. The average Bonchev–Trinajstić information content (AvgIpc) is 3.20. The lowest BCUT2D eigenvalue weighted by Crippen LogP contribution is -2.36. The van der Waals surface area contributed by atoms with Crippen LogP contribution in [0, 0.1) is 0 Å². The first kappa shape index (κ1) is 14.0. The summed E-state index contributed by atoms with van der Waals surface area (Å²) < 4.78 is 9.35. The van der Waals surface area contributed by atoms with Gasteiger partial charge in [0.05, 0.1) is 31.1 Å². The molecule has 0 spiro atoms. The van der Waals surface area contributed by atoms with Crippen LogP contribution in [0.25, 0.3) is 17.1 Å². The molecule has 0 unspecified atom stereocenters. The molecule has 8 heteroatoms. The van der Waals surface area contributed by atoms with Crippen molar-refractivity contribution >= 4 is 17.3 Å². The highest BCUT2D eigenvalue weighted by Gasteiger charge is 2.24. The lowest BCUT2D eigenvalue weighted by Gasteiger charge is -2.29. The molecule has 4 heterocycles. The Balaban J connectivity index is 1.71. The van der Waals surface area contributed by atoms with Gasteiger partial charge in [0.2, 0.25) is 0 Å². The SMILES string of the molecule is Clc1ncn2c1Cn1ncnc1-c1cc(N3CCOCC3)ccc1-2. The van der Waals surface area contributed by atoms with E-state index in [1.807, 2.05) is 9.25 Å². The quantitative estimate of drug-likeness (QED) is 0.529. The van der Waals surface area contributed by atoms with Crippen LogP contribution in [-0.4, -0.2) is 50.6 Å². The fraction of sp³-hybridized carbons (Fsp3) is 0.312. The van der Waals surface area contributed by atoms with Crippen molar-refractivity contribution < 1.29 is 4.74 Å². The summed E-state index contributed by atoms with van der Waals surface area (Å²) in [5.41, 5.74) is 4.14. The van der Waals surface area contributed by atoms with Gasteiger partial charge in [-0.1, -0.05) is 11.6 Å². The maximum Gasteiger partial charge on any atom is 0.160 e. The Morgan fingerprint density at radius 1 is 1.12 bits per heavy atom. The molecule has 0 bridgehead atoms. The molecular formula is C16H15ClN6O. The van der Waals surface area contributed by atoms with Crippen molar-refractivity contribution in [3.05, 3.63) is 41.7 Å². The second-order valence-electron chi connectivity index (χ2n) is 5.89. The van der Waals surface area contributed by atoms with Gasteiger partial charge in [-0.2, -0.15) is 5.10 Å². The Morgan fingerprint density at radius 2 is 2.00 bits per heavy atom. The molecule has 122 valence electrons. The van der Waals surface area contributed by atoms with E-state index in [-0.39, 0.29) is 0 Å². The van der Waals surface area contributed by atoms with E-state index >= 15 is 0 Å². The van der Waals surface area contributed by atoms with E-state index in [9.17, 15) is 0 Å². The standard InChI is InChI=1S/C16H15ClN6O/c17-15-14-8-23-16(18-9-20-23)12-7-11(21-3-5-24-6-4-21)1-2-13(12)22(14)10-19-15/h1-2,7,9-10H,3-6,8H2. The Bertz CT molecular complexity index is 911. The van der Waals surface area contributed by atoms with Crippen molar-refractivity contribution in [2.24, 2.45) is 0 Å². The first-order valence-electron chi connectivity index (χ1n) is 7.88. The van der Waals surface area contributed by atoms with Crippen molar-refractivity contribution in [1.29, 1.82) is 0 Å². The van der Waals surface area contributed by atoms with Gasteiger partial charge in [-0.15, -0.1) is 0 Å². The maximum atomic E-state index is 6.27. The molecule has 1 aromatic carbocycles. The Hall–Kier alpha value is -2.38. The molecule has 3 aromatic rings. The molecular weight excluding hydrogens is 328 g/mol. The summed E-state index contributed by atoms with van der Waals surface area (Å²) in [6, 6.07) is 6.41. The number of benzene rings is 1. The minimum atomic E-state index is 0.501. The number of anilines is 1. The first-order chi connectivity index (χ1) is 11.8. The van der Waals surface area contributed by atoms with Gasteiger partial charge < -0.3 is 9.64 Å². The highest BCUT2D eigenvalue weighted by atomic mass is 35.5. The highest BCUT2D eigenvalue weighted by Crippen LogP contribution is 2.35. The molecule has 1 saturated heterocycles. The van der Waals surface area contributed by atoms with Gasteiger partial charge >= 0.3 is 0 Å². The summed E-state index contributed by atoms with van der Waals surface area (Å²) in [4.78, 5) is 11.0. The van der Waals surface area contributed by atoms with E-state index in [1.165, 1.54) is 5.69 Å². The van der Waals surface area contributed by atoms with Crippen molar-refractivity contribution in [2.75, 3.05) is 31.2 Å². The largest absolute Gasteiger partial charge is 0.378 e. The molecule has 0 aliphatic carbocycles. The first-order valence-corrected chi connectivity index (χ1v) is 8.26. The number of aromatic nitrogens is 5. The van der Waals surface area contributed by atoms with Crippen molar-refractivity contribution in [3.8, 4) is 17.1 Å². The highest BCUT2D eigenvalue weighted by molar-refractivity contribution is 6.30. The average molecular weight is 343 g/mol. The lowest BCUT2D eigenvalue weighted by molar-refractivity contribution is 0.122. The van der Waals surface area contributed by atoms with Crippen LogP contribution < -0.4 is 4.90 Å². The van der Waals surface area contributed by atoms with Gasteiger partial charge in [0.15, 0.2) is 11.0 Å². The number of hydrogen-bond acceptors (Lipinski definition) is 5. The second kappa shape index (κ2) is 5.32. The fourth-order valence-electron chi connectivity index (χ4n) is 3.36. The number of fused-ring (bicyclic) bond motifs is 5. The van der Waals surface area contributed by atoms with E-state index in [0.29, 0.717) is 11.7 Å². The number of nitrogens with zero attached hydrogens (tertiary/aromatic N) is 6. The summed E-state index contributed by atoms with van der Waals surface area (Å²) >= 11 is 6.27. The molecule has 0 radical (unpaired) electrons. The van der Waals surface area contributed by atoms with Gasteiger partial charge in [-0.05, 0) is 18.2 Å². The van der Waals surface area contributed by atoms with Crippen LogP contribution in [0.4, 0.5) is 5.69 Å². The van der Waals surface area contributed by atoms with E-state index < -0.39 is 0 Å². The maximum absolute atomic E-state index is 6.27. The predicted octanol–water partition coefficient (Wildman–Crippen LogP) is 1.98. The number of imidazole rings is 1. The molecule has 2 aromatic heterocycles. The van der Waals surface area contributed by atoms with E-state index in [2.05, 4.69) is 38.2 Å². The molecule has 1 fully saturated rings. The van der Waals surface area contributed by atoms with Crippen LogP contribution >= 0.6 is 11.6 Å². The number of morpholine rings is 1. The second-order valence-corrected chi connectivity index (χ2v) is 6.25. The third-order valence-corrected chi connectivity index (χ3v) is 4.90. The van der Waals surface area contributed by atoms with E-state index in [4.69, 9.17) is 16.3 Å². The van der Waals surface area contributed by atoms with Crippen LogP contribution in [0.3, 0.4) is 0 Å². The molecule has 24 heavy (non-hydrogen) atoms. The number of ether oxygens (including phenoxy) is 1. The zero-order valence-corrected chi connectivity index (χ0v) is 13.6. The molecule has 0 amide bonds. The number of halogens is 1. The van der Waals surface area contributed by atoms with Crippen LogP contribution in [-0.2, 0) is 11.3 Å². The van der Waals surface area contributed by atoms with E-state index in [1.54, 1.807) is 12.7 Å². The van der Waals surface area contributed by atoms with Crippen molar-refractivity contribution in [1.82, 2.24) is 24.3 Å². The molecule has 0 atom stereocenters. The smallest absolute Gasteiger partial charge is 0.160 e. The van der Waals surface area contributed by atoms with Crippen molar-refractivity contribution in [3.63, 3.8) is 0 Å². The lowest BCUT2D eigenvalue weighted by atomic mass is 10.1.